The van der Waals surface area contributed by atoms with Gasteiger partial charge in [0.1, 0.15) is 19.0 Å². The van der Waals surface area contributed by atoms with E-state index < -0.39 is 11.7 Å². The van der Waals surface area contributed by atoms with Crippen molar-refractivity contribution in [2.45, 2.75) is 6.92 Å². The summed E-state index contributed by atoms with van der Waals surface area (Å²) in [6, 6.07) is 9.50. The van der Waals surface area contributed by atoms with Crippen LogP contribution in [0.4, 0.5) is 10.1 Å². The number of carbonyl (C=O) groups is 1. The molecule has 0 unspecified atom stereocenters. The minimum absolute atomic E-state index is 0.0184. The lowest BCUT2D eigenvalue weighted by Crippen LogP contribution is -2.17. The highest BCUT2D eigenvalue weighted by Crippen LogP contribution is 2.32. The van der Waals surface area contributed by atoms with Gasteiger partial charge in [-0.05, 0) is 31.2 Å². The van der Waals surface area contributed by atoms with Gasteiger partial charge in [0.15, 0.2) is 11.5 Å². The molecule has 3 rings (SSSR count). The number of carbonyl (C=O) groups excluding carboxylic acids is 1. The number of amides is 1. The standard InChI is InChI=1S/C16H14FNO3/c1-10-2-4-13(17)12(8-10)16(19)18-11-3-5-14-15(9-11)21-7-6-20-14/h2-5,8-9H,6-7H2,1H3,(H,18,19). The lowest BCUT2D eigenvalue weighted by atomic mass is 10.1. The van der Waals surface area contributed by atoms with E-state index in [2.05, 4.69) is 5.32 Å². The van der Waals surface area contributed by atoms with Gasteiger partial charge in [0.25, 0.3) is 5.91 Å². The normalized spacial score (nSPS) is 12.9. The molecule has 5 heteroatoms. The van der Waals surface area contributed by atoms with E-state index in [1.807, 2.05) is 0 Å². The highest BCUT2D eigenvalue weighted by atomic mass is 19.1. The van der Waals surface area contributed by atoms with Gasteiger partial charge in [0.05, 0.1) is 5.56 Å². The van der Waals surface area contributed by atoms with Crippen molar-refractivity contribution >= 4 is 11.6 Å². The number of anilines is 1. The van der Waals surface area contributed by atoms with Crippen molar-refractivity contribution in [1.82, 2.24) is 0 Å². The SMILES string of the molecule is Cc1ccc(F)c(C(=O)Nc2ccc3c(c2)OCCO3)c1. The summed E-state index contributed by atoms with van der Waals surface area (Å²) in [5, 5.41) is 2.66. The highest BCUT2D eigenvalue weighted by molar-refractivity contribution is 6.04. The lowest BCUT2D eigenvalue weighted by molar-refractivity contribution is 0.102. The Morgan fingerprint density at radius 1 is 1.10 bits per heavy atom. The van der Waals surface area contributed by atoms with Crippen LogP contribution in [0.3, 0.4) is 0 Å². The summed E-state index contributed by atoms with van der Waals surface area (Å²) in [5.74, 6) is 0.174. The molecule has 21 heavy (non-hydrogen) atoms. The second-order valence-electron chi connectivity index (χ2n) is 4.80. The van der Waals surface area contributed by atoms with Gasteiger partial charge < -0.3 is 14.8 Å². The van der Waals surface area contributed by atoms with Crippen LogP contribution in [-0.4, -0.2) is 19.1 Å². The van der Waals surface area contributed by atoms with Gasteiger partial charge in [0.2, 0.25) is 0 Å². The van der Waals surface area contributed by atoms with Crippen molar-refractivity contribution in [3.05, 3.63) is 53.3 Å². The largest absolute Gasteiger partial charge is 0.486 e. The lowest BCUT2D eigenvalue weighted by Gasteiger charge is -2.19. The van der Waals surface area contributed by atoms with Crippen LogP contribution < -0.4 is 14.8 Å². The number of hydrogen-bond donors (Lipinski definition) is 1. The maximum atomic E-state index is 13.7. The molecule has 0 saturated carbocycles. The molecule has 2 aromatic carbocycles. The van der Waals surface area contributed by atoms with Gasteiger partial charge in [-0.1, -0.05) is 11.6 Å². The highest BCUT2D eigenvalue weighted by Gasteiger charge is 2.15. The van der Waals surface area contributed by atoms with Crippen LogP contribution in [0.2, 0.25) is 0 Å². The second-order valence-corrected chi connectivity index (χ2v) is 4.80. The molecule has 0 saturated heterocycles. The maximum absolute atomic E-state index is 13.7. The Morgan fingerprint density at radius 2 is 1.86 bits per heavy atom. The predicted molar refractivity (Wildman–Crippen MR) is 76.5 cm³/mol. The zero-order valence-corrected chi connectivity index (χ0v) is 11.5. The summed E-state index contributed by atoms with van der Waals surface area (Å²) >= 11 is 0. The molecular formula is C16H14FNO3. The van der Waals surface area contributed by atoms with Crippen LogP contribution in [-0.2, 0) is 0 Å². The van der Waals surface area contributed by atoms with Crippen LogP contribution in [0.15, 0.2) is 36.4 Å². The number of ether oxygens (including phenoxy) is 2. The summed E-state index contributed by atoms with van der Waals surface area (Å²) in [7, 11) is 0. The average molecular weight is 287 g/mol. The van der Waals surface area contributed by atoms with E-state index in [9.17, 15) is 9.18 Å². The van der Waals surface area contributed by atoms with Crippen LogP contribution in [0, 0.1) is 12.7 Å². The molecule has 108 valence electrons. The van der Waals surface area contributed by atoms with Crippen molar-refractivity contribution in [1.29, 1.82) is 0 Å². The number of aryl methyl sites for hydroxylation is 1. The average Bonchev–Trinajstić information content (AvgIpc) is 2.49. The second kappa shape index (κ2) is 5.44. The molecule has 0 aromatic heterocycles. The van der Waals surface area contributed by atoms with Gasteiger partial charge >= 0.3 is 0 Å². The van der Waals surface area contributed by atoms with E-state index in [1.165, 1.54) is 12.1 Å². The molecule has 1 N–H and O–H groups in total. The minimum Gasteiger partial charge on any atom is -0.486 e. The minimum atomic E-state index is -0.546. The fourth-order valence-electron chi connectivity index (χ4n) is 2.13. The number of hydrogen-bond acceptors (Lipinski definition) is 3. The van der Waals surface area contributed by atoms with Crippen LogP contribution in [0.25, 0.3) is 0 Å². The number of fused-ring (bicyclic) bond motifs is 1. The molecule has 2 aromatic rings. The first-order chi connectivity index (χ1) is 10.1. The van der Waals surface area contributed by atoms with Crippen molar-refractivity contribution in [2.24, 2.45) is 0 Å². The molecule has 4 nitrogen and oxygen atoms in total. The number of nitrogens with one attached hydrogen (secondary N) is 1. The van der Waals surface area contributed by atoms with Crippen molar-refractivity contribution < 1.29 is 18.7 Å². The molecule has 1 aliphatic heterocycles. The molecule has 1 amide bonds. The fourth-order valence-corrected chi connectivity index (χ4v) is 2.13. The van der Waals surface area contributed by atoms with Crippen LogP contribution >= 0.6 is 0 Å². The Kier molecular flexibility index (Phi) is 3.48. The molecule has 1 heterocycles. The summed E-state index contributed by atoms with van der Waals surface area (Å²) in [6.07, 6.45) is 0. The van der Waals surface area contributed by atoms with Crippen LogP contribution in [0.5, 0.6) is 11.5 Å². The Hall–Kier alpha value is -2.56. The van der Waals surface area contributed by atoms with Crippen molar-refractivity contribution in [3.63, 3.8) is 0 Å². The zero-order valence-electron chi connectivity index (χ0n) is 11.5. The third kappa shape index (κ3) is 2.81. The third-order valence-corrected chi connectivity index (χ3v) is 3.17. The fraction of sp³-hybridized carbons (Fsp3) is 0.188. The van der Waals surface area contributed by atoms with E-state index in [0.29, 0.717) is 30.4 Å². The monoisotopic (exact) mass is 287 g/mol. The molecule has 0 fully saturated rings. The van der Waals surface area contributed by atoms with Crippen molar-refractivity contribution in [2.75, 3.05) is 18.5 Å². The predicted octanol–water partition coefficient (Wildman–Crippen LogP) is 3.16. The topological polar surface area (TPSA) is 47.6 Å². The molecule has 0 radical (unpaired) electrons. The Bertz CT molecular complexity index is 700. The van der Waals surface area contributed by atoms with E-state index in [0.717, 1.165) is 5.56 Å². The van der Waals surface area contributed by atoms with Crippen molar-refractivity contribution in [3.8, 4) is 11.5 Å². The first-order valence-corrected chi connectivity index (χ1v) is 6.60. The zero-order chi connectivity index (χ0) is 14.8. The van der Waals surface area contributed by atoms with E-state index >= 15 is 0 Å². The summed E-state index contributed by atoms with van der Waals surface area (Å²) in [5.41, 5.74) is 1.37. The molecule has 1 aliphatic rings. The molecular weight excluding hydrogens is 273 g/mol. The van der Waals surface area contributed by atoms with E-state index in [4.69, 9.17) is 9.47 Å². The smallest absolute Gasteiger partial charge is 0.258 e. The summed E-state index contributed by atoms with van der Waals surface area (Å²) < 4.78 is 24.5. The number of halogens is 1. The Balaban J connectivity index is 1.83. The Labute approximate surface area is 121 Å². The molecule has 0 aliphatic carbocycles. The van der Waals surface area contributed by atoms with Gasteiger partial charge in [-0.2, -0.15) is 0 Å². The first kappa shape index (κ1) is 13.4. The molecule has 0 spiro atoms. The van der Waals surface area contributed by atoms with E-state index in [-0.39, 0.29) is 5.56 Å². The molecule has 0 atom stereocenters. The Morgan fingerprint density at radius 3 is 2.67 bits per heavy atom. The third-order valence-electron chi connectivity index (χ3n) is 3.17. The van der Waals surface area contributed by atoms with Gasteiger partial charge in [0, 0.05) is 11.8 Å². The maximum Gasteiger partial charge on any atom is 0.258 e. The van der Waals surface area contributed by atoms with Gasteiger partial charge in [-0.15, -0.1) is 0 Å². The number of benzene rings is 2. The quantitative estimate of drug-likeness (QED) is 0.923. The van der Waals surface area contributed by atoms with E-state index in [1.54, 1.807) is 31.2 Å². The molecule has 0 bridgehead atoms. The number of rotatable bonds is 2. The summed E-state index contributed by atoms with van der Waals surface area (Å²) in [6.45, 7) is 2.78. The summed E-state index contributed by atoms with van der Waals surface area (Å²) in [4.78, 5) is 12.1. The van der Waals surface area contributed by atoms with Gasteiger partial charge in [-0.3, -0.25) is 4.79 Å². The first-order valence-electron chi connectivity index (χ1n) is 6.60. The van der Waals surface area contributed by atoms with Crippen LogP contribution in [0.1, 0.15) is 15.9 Å². The van der Waals surface area contributed by atoms with Gasteiger partial charge in [-0.25, -0.2) is 4.39 Å².